The first-order valence-electron chi connectivity index (χ1n) is 5.52. The van der Waals surface area contributed by atoms with Gasteiger partial charge in [0, 0.05) is 25.1 Å². The Labute approximate surface area is 99.2 Å². The number of carboxylic acids is 1. The van der Waals surface area contributed by atoms with Gasteiger partial charge in [0.05, 0.1) is 24.9 Å². The summed E-state index contributed by atoms with van der Waals surface area (Å²) in [6.07, 6.45) is 4.88. The number of carbonyl (C=O) groups is 1. The molecule has 0 radical (unpaired) electrons. The van der Waals surface area contributed by atoms with Crippen LogP contribution in [0.2, 0.25) is 0 Å². The van der Waals surface area contributed by atoms with E-state index in [1.807, 2.05) is 11.8 Å². The Morgan fingerprint density at radius 3 is 3.12 bits per heavy atom. The van der Waals surface area contributed by atoms with Crippen LogP contribution in [0.25, 0.3) is 0 Å². The Morgan fingerprint density at radius 1 is 1.65 bits per heavy atom. The molecule has 2 unspecified atom stereocenters. The molecule has 92 valence electrons. The molecule has 1 aromatic rings. The molecule has 6 heteroatoms. The number of aliphatic carboxylic acids is 1. The van der Waals surface area contributed by atoms with E-state index < -0.39 is 12.0 Å². The zero-order valence-electron chi connectivity index (χ0n) is 9.61. The first-order chi connectivity index (χ1) is 8.20. The summed E-state index contributed by atoms with van der Waals surface area (Å²) in [5.41, 5.74) is 0.778. The molecule has 17 heavy (non-hydrogen) atoms. The fourth-order valence-corrected chi connectivity index (χ4v) is 1.99. The highest BCUT2D eigenvalue weighted by molar-refractivity contribution is 5.73. The third-order valence-electron chi connectivity index (χ3n) is 2.96. The van der Waals surface area contributed by atoms with Gasteiger partial charge >= 0.3 is 5.97 Å². The van der Waals surface area contributed by atoms with Crippen molar-refractivity contribution < 1.29 is 14.6 Å². The van der Waals surface area contributed by atoms with Crippen molar-refractivity contribution in [2.75, 3.05) is 19.8 Å². The lowest BCUT2D eigenvalue weighted by molar-refractivity contribution is -0.151. The Morgan fingerprint density at radius 2 is 2.47 bits per heavy atom. The van der Waals surface area contributed by atoms with Crippen LogP contribution in [-0.4, -0.2) is 51.7 Å². The summed E-state index contributed by atoms with van der Waals surface area (Å²) in [7, 11) is 0. The predicted octanol–water partition coefficient (Wildman–Crippen LogP) is 0.323. The van der Waals surface area contributed by atoms with E-state index in [4.69, 9.17) is 9.84 Å². The summed E-state index contributed by atoms with van der Waals surface area (Å²) in [6, 6.07) is -0.686. The van der Waals surface area contributed by atoms with Crippen molar-refractivity contribution >= 4 is 5.97 Å². The Hall–Kier alpha value is -1.53. The number of aromatic nitrogens is 2. The third-order valence-corrected chi connectivity index (χ3v) is 2.96. The molecular weight excluding hydrogens is 222 g/mol. The van der Waals surface area contributed by atoms with Gasteiger partial charge in [-0.15, -0.1) is 0 Å². The second kappa shape index (κ2) is 5.20. The third kappa shape index (κ3) is 2.59. The molecule has 6 nitrogen and oxygen atoms in total. The molecule has 0 aliphatic carbocycles. The smallest absolute Gasteiger partial charge is 0.323 e. The van der Waals surface area contributed by atoms with E-state index >= 15 is 0 Å². The van der Waals surface area contributed by atoms with Crippen LogP contribution in [0.5, 0.6) is 0 Å². The van der Waals surface area contributed by atoms with Crippen LogP contribution >= 0.6 is 0 Å². The molecule has 1 aromatic heterocycles. The number of carboxylic acid groups (broad SMARTS) is 1. The van der Waals surface area contributed by atoms with Crippen molar-refractivity contribution in [1.82, 2.24) is 14.9 Å². The first kappa shape index (κ1) is 11.9. The maximum Gasteiger partial charge on any atom is 0.323 e. The van der Waals surface area contributed by atoms with E-state index in [0.29, 0.717) is 13.2 Å². The molecule has 2 atom stereocenters. The number of rotatable bonds is 3. The standard InChI is InChI=1S/C11H15N3O3/c1-8(9-6-12-2-3-13-9)14-4-5-17-7-10(14)11(15)16/h2-3,6,8,10H,4-5,7H2,1H3,(H,15,16). The number of morpholine rings is 1. The molecular formula is C11H15N3O3. The lowest BCUT2D eigenvalue weighted by Gasteiger charge is -2.36. The van der Waals surface area contributed by atoms with Gasteiger partial charge in [-0.25, -0.2) is 0 Å². The van der Waals surface area contributed by atoms with Crippen LogP contribution in [0.15, 0.2) is 18.6 Å². The van der Waals surface area contributed by atoms with Gasteiger partial charge in [-0.05, 0) is 6.92 Å². The van der Waals surface area contributed by atoms with Crippen LogP contribution in [0, 0.1) is 0 Å². The second-order valence-corrected chi connectivity index (χ2v) is 3.97. The van der Waals surface area contributed by atoms with Crippen molar-refractivity contribution in [3.8, 4) is 0 Å². The fraction of sp³-hybridized carbons (Fsp3) is 0.545. The monoisotopic (exact) mass is 237 g/mol. The van der Waals surface area contributed by atoms with Gasteiger partial charge in [0.2, 0.25) is 0 Å². The van der Waals surface area contributed by atoms with Crippen molar-refractivity contribution in [1.29, 1.82) is 0 Å². The van der Waals surface area contributed by atoms with Gasteiger partial charge < -0.3 is 9.84 Å². The minimum atomic E-state index is -0.861. The highest BCUT2D eigenvalue weighted by Gasteiger charge is 2.33. The predicted molar refractivity (Wildman–Crippen MR) is 59.4 cm³/mol. The van der Waals surface area contributed by atoms with Crippen LogP contribution in [0.1, 0.15) is 18.7 Å². The molecule has 1 saturated heterocycles. The molecule has 1 N–H and O–H groups in total. The second-order valence-electron chi connectivity index (χ2n) is 3.97. The molecule has 0 aromatic carbocycles. The summed E-state index contributed by atoms with van der Waals surface area (Å²) in [4.78, 5) is 21.2. The van der Waals surface area contributed by atoms with Crippen LogP contribution in [-0.2, 0) is 9.53 Å². The van der Waals surface area contributed by atoms with Crippen molar-refractivity contribution in [2.24, 2.45) is 0 Å². The van der Waals surface area contributed by atoms with Gasteiger partial charge in [0.1, 0.15) is 6.04 Å². The summed E-state index contributed by atoms with van der Waals surface area (Å²) >= 11 is 0. The number of nitrogens with zero attached hydrogens (tertiary/aromatic N) is 3. The molecule has 0 bridgehead atoms. The highest BCUT2D eigenvalue weighted by atomic mass is 16.5. The lowest BCUT2D eigenvalue weighted by Crippen LogP contribution is -2.50. The van der Waals surface area contributed by atoms with E-state index in [-0.39, 0.29) is 12.6 Å². The largest absolute Gasteiger partial charge is 0.480 e. The maximum atomic E-state index is 11.1. The summed E-state index contributed by atoms with van der Waals surface area (Å²) < 4.78 is 5.20. The number of hydrogen-bond donors (Lipinski definition) is 1. The number of ether oxygens (including phenoxy) is 1. The van der Waals surface area contributed by atoms with Gasteiger partial charge in [-0.2, -0.15) is 0 Å². The van der Waals surface area contributed by atoms with Crippen LogP contribution in [0.4, 0.5) is 0 Å². The quantitative estimate of drug-likeness (QED) is 0.816. The van der Waals surface area contributed by atoms with Crippen molar-refractivity contribution in [3.63, 3.8) is 0 Å². The molecule has 1 aliphatic heterocycles. The Bertz CT molecular complexity index is 385. The SMILES string of the molecule is CC(c1cnccn1)N1CCOCC1C(=O)O. The van der Waals surface area contributed by atoms with Crippen LogP contribution < -0.4 is 0 Å². The molecule has 0 amide bonds. The lowest BCUT2D eigenvalue weighted by atomic mass is 10.1. The van der Waals surface area contributed by atoms with Gasteiger partial charge in [0.25, 0.3) is 0 Å². The molecule has 0 saturated carbocycles. The zero-order valence-corrected chi connectivity index (χ0v) is 9.61. The average Bonchev–Trinajstić information content (AvgIpc) is 2.39. The normalized spacial score (nSPS) is 23.2. The van der Waals surface area contributed by atoms with E-state index in [1.165, 1.54) is 0 Å². The van der Waals surface area contributed by atoms with E-state index in [2.05, 4.69) is 9.97 Å². The highest BCUT2D eigenvalue weighted by Crippen LogP contribution is 2.22. The van der Waals surface area contributed by atoms with Crippen molar-refractivity contribution in [2.45, 2.75) is 19.0 Å². The van der Waals surface area contributed by atoms with Gasteiger partial charge in [-0.1, -0.05) is 0 Å². The van der Waals surface area contributed by atoms with E-state index in [9.17, 15) is 4.79 Å². The van der Waals surface area contributed by atoms with Crippen LogP contribution in [0.3, 0.4) is 0 Å². The topological polar surface area (TPSA) is 75.5 Å². The molecule has 1 fully saturated rings. The molecule has 0 spiro atoms. The summed E-state index contributed by atoms with van der Waals surface area (Å²) in [6.45, 7) is 3.30. The van der Waals surface area contributed by atoms with E-state index in [0.717, 1.165) is 5.69 Å². The van der Waals surface area contributed by atoms with Gasteiger partial charge in [-0.3, -0.25) is 19.7 Å². The Kier molecular flexibility index (Phi) is 3.65. The zero-order chi connectivity index (χ0) is 12.3. The minimum Gasteiger partial charge on any atom is -0.480 e. The fourth-order valence-electron chi connectivity index (χ4n) is 1.99. The number of hydrogen-bond acceptors (Lipinski definition) is 5. The maximum absolute atomic E-state index is 11.1. The average molecular weight is 237 g/mol. The minimum absolute atomic E-state index is 0.0753. The molecule has 2 heterocycles. The molecule has 2 rings (SSSR count). The Balaban J connectivity index is 2.16. The first-order valence-corrected chi connectivity index (χ1v) is 5.52. The molecule has 1 aliphatic rings. The van der Waals surface area contributed by atoms with E-state index in [1.54, 1.807) is 18.6 Å². The van der Waals surface area contributed by atoms with Gasteiger partial charge in [0.15, 0.2) is 0 Å². The summed E-state index contributed by atoms with van der Waals surface area (Å²) in [5.74, 6) is -0.861. The summed E-state index contributed by atoms with van der Waals surface area (Å²) in [5, 5.41) is 9.15. The van der Waals surface area contributed by atoms with Crippen molar-refractivity contribution in [3.05, 3.63) is 24.3 Å².